The molecule has 3 heteroatoms. The van der Waals surface area contributed by atoms with E-state index in [1.54, 1.807) is 5.06 Å². The quantitative estimate of drug-likeness (QED) is 0.615. The summed E-state index contributed by atoms with van der Waals surface area (Å²) < 4.78 is 0. The zero-order valence-electron chi connectivity index (χ0n) is 8.82. The molecule has 1 N–H and O–H groups in total. The summed E-state index contributed by atoms with van der Waals surface area (Å²) in [6.07, 6.45) is 2.32. The number of piperazine rings is 1. The first-order valence-corrected chi connectivity index (χ1v) is 5.21. The average Bonchev–Trinajstić information content (AvgIpc) is 2.29. The maximum Gasteiger partial charge on any atom is 0.0481 e. The average molecular weight is 184 g/mol. The van der Waals surface area contributed by atoms with Gasteiger partial charge in [-0.2, -0.15) is 5.06 Å². The highest BCUT2D eigenvalue weighted by atomic mass is 16.5. The van der Waals surface area contributed by atoms with Gasteiger partial charge in [0.15, 0.2) is 0 Å². The second kappa shape index (κ2) is 2.94. The van der Waals surface area contributed by atoms with Crippen LogP contribution in [0.3, 0.4) is 0 Å². The highest BCUT2D eigenvalue weighted by Crippen LogP contribution is 2.31. The smallest absolute Gasteiger partial charge is 0.0481 e. The normalized spacial score (nSPS) is 36.9. The molecule has 2 aliphatic heterocycles. The highest BCUT2D eigenvalue weighted by molar-refractivity contribution is 4.95. The number of nitrogens with zero attached hydrogens (tertiary/aromatic N) is 2. The summed E-state index contributed by atoms with van der Waals surface area (Å²) in [6.45, 7) is 8.80. The molecule has 13 heavy (non-hydrogen) atoms. The first-order chi connectivity index (χ1) is 5.98. The molecule has 0 aromatic heterocycles. The number of hydroxylamine groups is 2. The van der Waals surface area contributed by atoms with Gasteiger partial charge in [-0.1, -0.05) is 0 Å². The Bertz CT molecular complexity index is 186. The van der Waals surface area contributed by atoms with Crippen LogP contribution in [0.15, 0.2) is 0 Å². The molecule has 76 valence electrons. The molecule has 2 unspecified atom stereocenters. The number of fused-ring (bicyclic) bond motifs is 2. The van der Waals surface area contributed by atoms with Crippen molar-refractivity contribution in [3.63, 3.8) is 0 Å². The van der Waals surface area contributed by atoms with Crippen molar-refractivity contribution in [3.8, 4) is 0 Å². The molecule has 0 radical (unpaired) electrons. The Morgan fingerprint density at radius 3 is 1.92 bits per heavy atom. The molecule has 2 heterocycles. The van der Waals surface area contributed by atoms with Crippen molar-refractivity contribution < 1.29 is 5.21 Å². The minimum atomic E-state index is 0.252. The van der Waals surface area contributed by atoms with Crippen LogP contribution in [0.25, 0.3) is 0 Å². The van der Waals surface area contributed by atoms with Gasteiger partial charge in [0.1, 0.15) is 0 Å². The topological polar surface area (TPSA) is 26.7 Å². The van der Waals surface area contributed by atoms with Crippen LogP contribution in [-0.4, -0.2) is 45.9 Å². The van der Waals surface area contributed by atoms with Gasteiger partial charge in [0.2, 0.25) is 0 Å². The first-order valence-electron chi connectivity index (χ1n) is 5.21. The summed E-state index contributed by atoms with van der Waals surface area (Å²) in [5.41, 5.74) is 0.252. The SMILES string of the molecule is CC(C)(C)N1CC2CCC(C1)N2O. The fourth-order valence-corrected chi connectivity index (χ4v) is 2.43. The van der Waals surface area contributed by atoms with E-state index in [9.17, 15) is 5.21 Å². The Kier molecular flexibility index (Phi) is 2.13. The van der Waals surface area contributed by atoms with Crippen LogP contribution in [-0.2, 0) is 0 Å². The fourth-order valence-electron chi connectivity index (χ4n) is 2.43. The van der Waals surface area contributed by atoms with Crippen LogP contribution in [0.5, 0.6) is 0 Å². The van der Waals surface area contributed by atoms with Crippen LogP contribution >= 0.6 is 0 Å². The van der Waals surface area contributed by atoms with Crippen LogP contribution in [0.2, 0.25) is 0 Å². The molecular formula is C10H20N2O. The third-order valence-corrected chi connectivity index (χ3v) is 3.39. The molecule has 0 amide bonds. The van der Waals surface area contributed by atoms with Gasteiger partial charge < -0.3 is 5.21 Å². The lowest BCUT2D eigenvalue weighted by Gasteiger charge is -2.44. The van der Waals surface area contributed by atoms with Gasteiger partial charge in [0, 0.05) is 30.7 Å². The van der Waals surface area contributed by atoms with Gasteiger partial charge in [-0.15, -0.1) is 0 Å². The van der Waals surface area contributed by atoms with E-state index in [1.165, 1.54) is 0 Å². The van der Waals surface area contributed by atoms with E-state index >= 15 is 0 Å². The largest absolute Gasteiger partial charge is 0.313 e. The minimum absolute atomic E-state index is 0.252. The predicted molar refractivity (Wildman–Crippen MR) is 51.8 cm³/mol. The summed E-state index contributed by atoms with van der Waals surface area (Å²) in [7, 11) is 0. The third kappa shape index (κ3) is 1.60. The number of hydrogen-bond acceptors (Lipinski definition) is 3. The predicted octanol–water partition coefficient (Wildman–Crippen LogP) is 1.32. The molecule has 0 aliphatic carbocycles. The van der Waals surface area contributed by atoms with E-state index in [2.05, 4.69) is 25.7 Å². The number of likely N-dealkylation sites (tertiary alicyclic amines) is 1. The summed E-state index contributed by atoms with van der Waals surface area (Å²) in [5, 5.41) is 11.3. The number of rotatable bonds is 0. The summed E-state index contributed by atoms with van der Waals surface area (Å²) in [5.74, 6) is 0. The maximum absolute atomic E-state index is 9.70. The molecule has 0 aromatic carbocycles. The van der Waals surface area contributed by atoms with E-state index < -0.39 is 0 Å². The van der Waals surface area contributed by atoms with Gasteiger partial charge in [-0.3, -0.25) is 4.90 Å². The van der Waals surface area contributed by atoms with Crippen LogP contribution in [0.1, 0.15) is 33.6 Å². The molecule has 3 nitrogen and oxygen atoms in total. The Morgan fingerprint density at radius 2 is 1.54 bits per heavy atom. The van der Waals surface area contributed by atoms with E-state index in [0.717, 1.165) is 25.9 Å². The molecule has 0 aromatic rings. The molecule has 2 atom stereocenters. The van der Waals surface area contributed by atoms with Crippen molar-refractivity contribution in [2.45, 2.75) is 51.2 Å². The van der Waals surface area contributed by atoms with Crippen LogP contribution in [0, 0.1) is 0 Å². The lowest BCUT2D eigenvalue weighted by atomic mass is 10.0. The lowest BCUT2D eigenvalue weighted by molar-refractivity contribution is -0.171. The highest BCUT2D eigenvalue weighted by Gasteiger charge is 2.41. The van der Waals surface area contributed by atoms with Crippen molar-refractivity contribution >= 4 is 0 Å². The van der Waals surface area contributed by atoms with Crippen molar-refractivity contribution in [2.75, 3.05) is 13.1 Å². The Hall–Kier alpha value is -0.120. The molecule has 0 spiro atoms. The van der Waals surface area contributed by atoms with E-state index in [4.69, 9.17) is 0 Å². The van der Waals surface area contributed by atoms with Crippen molar-refractivity contribution in [2.24, 2.45) is 0 Å². The first kappa shape index (κ1) is 9.44. The second-order valence-electron chi connectivity index (χ2n) is 5.34. The van der Waals surface area contributed by atoms with Gasteiger partial charge in [-0.25, -0.2) is 0 Å². The third-order valence-electron chi connectivity index (χ3n) is 3.39. The lowest BCUT2D eigenvalue weighted by Crippen LogP contribution is -2.57. The van der Waals surface area contributed by atoms with Gasteiger partial charge in [-0.05, 0) is 33.6 Å². The maximum atomic E-state index is 9.70. The Morgan fingerprint density at radius 1 is 1.08 bits per heavy atom. The van der Waals surface area contributed by atoms with Crippen molar-refractivity contribution in [3.05, 3.63) is 0 Å². The summed E-state index contributed by atoms with van der Waals surface area (Å²) in [4.78, 5) is 2.49. The number of hydrogen-bond donors (Lipinski definition) is 1. The second-order valence-corrected chi connectivity index (χ2v) is 5.34. The van der Waals surface area contributed by atoms with Crippen molar-refractivity contribution in [1.82, 2.24) is 9.96 Å². The van der Waals surface area contributed by atoms with Crippen molar-refractivity contribution in [1.29, 1.82) is 0 Å². The molecule has 2 aliphatic rings. The molecule has 2 fully saturated rings. The standard InChI is InChI=1S/C10H20N2O/c1-10(2,3)11-6-8-4-5-9(7-11)12(8)13/h8-9,13H,4-7H2,1-3H3. The zero-order chi connectivity index (χ0) is 9.64. The molecule has 0 saturated carbocycles. The van der Waals surface area contributed by atoms with Gasteiger partial charge in [0.25, 0.3) is 0 Å². The van der Waals surface area contributed by atoms with Gasteiger partial charge in [0.05, 0.1) is 0 Å². The molecule has 2 saturated heterocycles. The monoisotopic (exact) mass is 184 g/mol. The molecule has 2 rings (SSSR count). The van der Waals surface area contributed by atoms with Crippen LogP contribution in [0.4, 0.5) is 0 Å². The van der Waals surface area contributed by atoms with E-state index in [-0.39, 0.29) is 5.54 Å². The summed E-state index contributed by atoms with van der Waals surface area (Å²) >= 11 is 0. The fraction of sp³-hybridized carbons (Fsp3) is 1.00. The zero-order valence-corrected chi connectivity index (χ0v) is 8.82. The van der Waals surface area contributed by atoms with Crippen LogP contribution < -0.4 is 0 Å². The van der Waals surface area contributed by atoms with E-state index in [0.29, 0.717) is 12.1 Å². The minimum Gasteiger partial charge on any atom is -0.313 e. The summed E-state index contributed by atoms with van der Waals surface area (Å²) in [6, 6.07) is 0.774. The van der Waals surface area contributed by atoms with Gasteiger partial charge >= 0.3 is 0 Å². The molecular weight excluding hydrogens is 164 g/mol. The Labute approximate surface area is 80.3 Å². The Balaban J connectivity index is 2.07. The van der Waals surface area contributed by atoms with E-state index in [1.807, 2.05) is 0 Å². The molecule has 2 bridgehead atoms.